The molecule has 8 nitrogen and oxygen atoms in total. The molecule has 35 heavy (non-hydrogen) atoms. The van der Waals surface area contributed by atoms with E-state index in [4.69, 9.17) is 16.3 Å². The molecule has 0 spiro atoms. The molecule has 0 aliphatic carbocycles. The van der Waals surface area contributed by atoms with Gasteiger partial charge in [0.2, 0.25) is 5.91 Å². The SMILES string of the molecule is COCCN(CC(=O)N(Cc1ccc(F)cc1)Cc1cccs1)C(=O)c1ccc(Cl)c([N+](=O)[O-])c1. The van der Waals surface area contributed by atoms with E-state index in [9.17, 15) is 24.1 Å². The first-order valence-electron chi connectivity index (χ1n) is 10.5. The van der Waals surface area contributed by atoms with Crippen LogP contribution in [-0.2, 0) is 22.6 Å². The van der Waals surface area contributed by atoms with Crippen molar-refractivity contribution in [3.8, 4) is 0 Å². The highest BCUT2D eigenvalue weighted by atomic mass is 35.5. The van der Waals surface area contributed by atoms with Gasteiger partial charge in [-0.15, -0.1) is 11.3 Å². The zero-order chi connectivity index (χ0) is 25.4. The van der Waals surface area contributed by atoms with Crippen LogP contribution in [0.25, 0.3) is 0 Å². The van der Waals surface area contributed by atoms with E-state index in [1.165, 1.54) is 47.6 Å². The third-order valence-electron chi connectivity index (χ3n) is 5.13. The summed E-state index contributed by atoms with van der Waals surface area (Å²) in [6, 6.07) is 13.4. The second-order valence-corrected chi connectivity index (χ2v) is 9.04. The Morgan fingerprint density at radius 1 is 1.11 bits per heavy atom. The second kappa shape index (κ2) is 12.4. The van der Waals surface area contributed by atoms with Crippen molar-refractivity contribution >= 4 is 40.4 Å². The van der Waals surface area contributed by atoms with Gasteiger partial charge in [-0.3, -0.25) is 19.7 Å². The number of methoxy groups -OCH3 is 1. The number of nitro groups is 1. The molecule has 1 aromatic heterocycles. The Hall–Kier alpha value is -3.34. The lowest BCUT2D eigenvalue weighted by Crippen LogP contribution is -2.43. The average molecular weight is 520 g/mol. The third-order valence-corrected chi connectivity index (χ3v) is 6.32. The van der Waals surface area contributed by atoms with Gasteiger partial charge in [-0.2, -0.15) is 0 Å². The summed E-state index contributed by atoms with van der Waals surface area (Å²) < 4.78 is 18.4. The first-order valence-corrected chi connectivity index (χ1v) is 11.8. The fraction of sp³-hybridized carbons (Fsp3) is 0.250. The molecule has 0 bridgehead atoms. The molecule has 0 saturated carbocycles. The van der Waals surface area contributed by atoms with Crippen molar-refractivity contribution in [3.63, 3.8) is 0 Å². The zero-order valence-corrected chi connectivity index (χ0v) is 20.4. The minimum Gasteiger partial charge on any atom is -0.383 e. The quantitative estimate of drug-likeness (QED) is 0.269. The smallest absolute Gasteiger partial charge is 0.288 e. The molecule has 2 aromatic carbocycles. The van der Waals surface area contributed by atoms with Gasteiger partial charge < -0.3 is 14.5 Å². The van der Waals surface area contributed by atoms with Gasteiger partial charge in [0.15, 0.2) is 0 Å². The van der Waals surface area contributed by atoms with Crippen LogP contribution in [0.1, 0.15) is 20.8 Å². The Bertz CT molecular complexity index is 1170. The predicted molar refractivity (Wildman–Crippen MR) is 131 cm³/mol. The van der Waals surface area contributed by atoms with E-state index in [1.807, 2.05) is 17.5 Å². The van der Waals surface area contributed by atoms with Crippen molar-refractivity contribution in [2.45, 2.75) is 13.1 Å². The van der Waals surface area contributed by atoms with Crippen molar-refractivity contribution in [2.24, 2.45) is 0 Å². The Morgan fingerprint density at radius 2 is 1.86 bits per heavy atom. The molecule has 0 atom stereocenters. The largest absolute Gasteiger partial charge is 0.383 e. The molecule has 0 aliphatic heterocycles. The van der Waals surface area contributed by atoms with E-state index in [0.717, 1.165) is 16.5 Å². The number of thiophene rings is 1. The summed E-state index contributed by atoms with van der Waals surface area (Å²) in [4.78, 5) is 41.0. The topological polar surface area (TPSA) is 93.0 Å². The maximum atomic E-state index is 13.4. The van der Waals surface area contributed by atoms with Crippen LogP contribution in [0, 0.1) is 15.9 Å². The van der Waals surface area contributed by atoms with Gasteiger partial charge in [-0.05, 0) is 41.3 Å². The van der Waals surface area contributed by atoms with Gasteiger partial charge in [-0.25, -0.2) is 4.39 Å². The molecule has 0 radical (unpaired) electrons. The summed E-state index contributed by atoms with van der Waals surface area (Å²) in [7, 11) is 1.47. The third kappa shape index (κ3) is 7.32. The van der Waals surface area contributed by atoms with Crippen LogP contribution in [0.2, 0.25) is 5.02 Å². The minimum atomic E-state index is -0.671. The highest BCUT2D eigenvalue weighted by Gasteiger charge is 2.25. The molecule has 184 valence electrons. The second-order valence-electron chi connectivity index (χ2n) is 7.60. The molecule has 11 heteroatoms. The molecule has 3 rings (SSSR count). The molecule has 0 N–H and O–H groups in total. The number of ether oxygens (including phenoxy) is 1. The van der Waals surface area contributed by atoms with Gasteiger partial charge >= 0.3 is 0 Å². The molecule has 2 amide bonds. The van der Waals surface area contributed by atoms with Crippen LogP contribution < -0.4 is 0 Å². The number of nitrogens with zero attached hydrogens (tertiary/aromatic N) is 3. The molecule has 0 aliphatic rings. The normalized spacial score (nSPS) is 10.7. The van der Waals surface area contributed by atoms with E-state index >= 15 is 0 Å². The minimum absolute atomic E-state index is 0.0355. The maximum Gasteiger partial charge on any atom is 0.288 e. The summed E-state index contributed by atoms with van der Waals surface area (Å²) in [6.07, 6.45) is 0. The number of nitro benzene ring substituents is 1. The van der Waals surface area contributed by atoms with E-state index in [0.29, 0.717) is 6.54 Å². The lowest BCUT2D eigenvalue weighted by atomic mass is 10.1. The average Bonchev–Trinajstić information content (AvgIpc) is 3.35. The van der Waals surface area contributed by atoms with Crippen molar-refractivity contribution < 1.29 is 23.6 Å². The van der Waals surface area contributed by atoms with Gasteiger partial charge in [0.1, 0.15) is 17.4 Å². The number of carbonyl (C=O) groups is 2. The van der Waals surface area contributed by atoms with E-state index in [-0.39, 0.29) is 48.6 Å². The number of amides is 2. The number of halogens is 2. The van der Waals surface area contributed by atoms with Gasteiger partial charge in [0.25, 0.3) is 11.6 Å². The van der Waals surface area contributed by atoms with Crippen LogP contribution >= 0.6 is 22.9 Å². The molecule has 0 unspecified atom stereocenters. The van der Waals surface area contributed by atoms with Crippen molar-refractivity contribution in [2.75, 3.05) is 26.8 Å². The Labute approximate surface area is 210 Å². The van der Waals surface area contributed by atoms with Crippen LogP contribution in [-0.4, -0.2) is 53.3 Å². The zero-order valence-electron chi connectivity index (χ0n) is 18.9. The molecule has 3 aromatic rings. The lowest BCUT2D eigenvalue weighted by Gasteiger charge is -2.27. The molecule has 1 heterocycles. The standard InChI is InChI=1S/C24H23ClFN3O5S/c1-34-11-10-27(24(31)18-6-9-21(25)22(13-18)29(32)33)16-23(30)28(15-20-3-2-12-35-20)14-17-4-7-19(26)8-5-17/h2-9,12-13H,10-11,14-16H2,1H3. The summed E-state index contributed by atoms with van der Waals surface area (Å²) in [5.74, 6) is -1.28. The number of rotatable bonds is 11. The Balaban J connectivity index is 1.84. The molecular formula is C24H23ClFN3O5S. The van der Waals surface area contributed by atoms with E-state index in [2.05, 4.69) is 0 Å². The number of benzene rings is 2. The maximum absolute atomic E-state index is 13.4. The summed E-state index contributed by atoms with van der Waals surface area (Å²) >= 11 is 7.36. The highest BCUT2D eigenvalue weighted by Crippen LogP contribution is 2.26. The number of hydrogen-bond acceptors (Lipinski definition) is 6. The summed E-state index contributed by atoms with van der Waals surface area (Å²) in [6.45, 7) is 0.520. The first kappa shape index (κ1) is 26.3. The van der Waals surface area contributed by atoms with Crippen LogP contribution in [0.15, 0.2) is 60.0 Å². The Morgan fingerprint density at radius 3 is 2.49 bits per heavy atom. The van der Waals surface area contributed by atoms with Gasteiger partial charge in [0.05, 0.1) is 18.1 Å². The van der Waals surface area contributed by atoms with Gasteiger partial charge in [0, 0.05) is 36.7 Å². The molecule has 0 saturated heterocycles. The predicted octanol–water partition coefficient (Wildman–Crippen LogP) is 4.77. The first-order chi connectivity index (χ1) is 16.8. The van der Waals surface area contributed by atoms with Crippen molar-refractivity contribution in [1.29, 1.82) is 0 Å². The number of hydrogen-bond donors (Lipinski definition) is 0. The van der Waals surface area contributed by atoms with Crippen LogP contribution in [0.5, 0.6) is 0 Å². The highest BCUT2D eigenvalue weighted by molar-refractivity contribution is 7.09. The number of carbonyl (C=O) groups excluding carboxylic acids is 2. The molecular weight excluding hydrogens is 497 g/mol. The fourth-order valence-electron chi connectivity index (χ4n) is 3.32. The molecule has 0 fully saturated rings. The van der Waals surface area contributed by atoms with E-state index in [1.54, 1.807) is 17.0 Å². The van der Waals surface area contributed by atoms with Crippen LogP contribution in [0.4, 0.5) is 10.1 Å². The summed E-state index contributed by atoms with van der Waals surface area (Å²) in [5.41, 5.74) is 0.374. The Kier molecular flexibility index (Phi) is 9.30. The fourth-order valence-corrected chi connectivity index (χ4v) is 4.22. The lowest BCUT2D eigenvalue weighted by molar-refractivity contribution is -0.384. The van der Waals surface area contributed by atoms with E-state index < -0.39 is 16.5 Å². The van der Waals surface area contributed by atoms with Crippen molar-refractivity contribution in [1.82, 2.24) is 9.80 Å². The van der Waals surface area contributed by atoms with Crippen LogP contribution in [0.3, 0.4) is 0 Å². The van der Waals surface area contributed by atoms with Gasteiger partial charge in [-0.1, -0.05) is 29.8 Å². The van der Waals surface area contributed by atoms with Crippen molar-refractivity contribution in [3.05, 3.63) is 96.9 Å². The monoisotopic (exact) mass is 519 g/mol. The summed E-state index contributed by atoms with van der Waals surface area (Å²) in [5, 5.41) is 13.1.